The SMILES string of the molecule is C=CCOC(=O)N1C[C@@H](S)C[C@@H]1CC(=O)N(C)C. The van der Waals surface area contributed by atoms with Gasteiger partial charge in [0.25, 0.3) is 0 Å². The van der Waals surface area contributed by atoms with E-state index in [2.05, 4.69) is 19.2 Å². The van der Waals surface area contributed by atoms with Crippen molar-refractivity contribution in [3.05, 3.63) is 12.7 Å². The molecule has 0 aromatic carbocycles. The van der Waals surface area contributed by atoms with Gasteiger partial charge in [-0.25, -0.2) is 4.79 Å². The first-order chi connectivity index (χ1) is 8.45. The number of hydrogen-bond donors (Lipinski definition) is 1. The van der Waals surface area contributed by atoms with Crippen molar-refractivity contribution in [1.29, 1.82) is 0 Å². The highest BCUT2D eigenvalue weighted by Crippen LogP contribution is 2.25. The Morgan fingerprint density at radius 1 is 1.56 bits per heavy atom. The van der Waals surface area contributed by atoms with Crippen molar-refractivity contribution in [2.24, 2.45) is 0 Å². The maximum atomic E-state index is 11.8. The number of hydrogen-bond acceptors (Lipinski definition) is 4. The number of nitrogens with zero attached hydrogens (tertiary/aromatic N) is 2. The van der Waals surface area contributed by atoms with E-state index in [1.165, 1.54) is 11.0 Å². The van der Waals surface area contributed by atoms with E-state index in [1.54, 1.807) is 19.0 Å². The van der Waals surface area contributed by atoms with Gasteiger partial charge >= 0.3 is 6.09 Å². The molecule has 102 valence electrons. The molecule has 0 aromatic heterocycles. The van der Waals surface area contributed by atoms with Gasteiger partial charge in [0.1, 0.15) is 6.61 Å². The van der Waals surface area contributed by atoms with Crippen LogP contribution < -0.4 is 0 Å². The van der Waals surface area contributed by atoms with E-state index in [4.69, 9.17) is 4.74 Å². The van der Waals surface area contributed by atoms with Gasteiger partial charge in [-0.15, -0.1) is 0 Å². The lowest BCUT2D eigenvalue weighted by Crippen LogP contribution is -2.39. The van der Waals surface area contributed by atoms with Crippen molar-refractivity contribution < 1.29 is 14.3 Å². The maximum absolute atomic E-state index is 11.8. The van der Waals surface area contributed by atoms with Crippen molar-refractivity contribution in [3.63, 3.8) is 0 Å². The third-order valence-electron chi connectivity index (χ3n) is 2.86. The first-order valence-corrected chi connectivity index (χ1v) is 6.39. The normalized spacial score (nSPS) is 22.7. The lowest BCUT2D eigenvalue weighted by molar-refractivity contribution is -0.129. The molecule has 5 nitrogen and oxygen atoms in total. The summed E-state index contributed by atoms with van der Waals surface area (Å²) in [6.07, 6.45) is 2.15. The molecule has 0 unspecified atom stereocenters. The summed E-state index contributed by atoms with van der Waals surface area (Å²) in [4.78, 5) is 26.6. The summed E-state index contributed by atoms with van der Waals surface area (Å²) in [5.41, 5.74) is 0. The highest BCUT2D eigenvalue weighted by atomic mass is 32.1. The van der Waals surface area contributed by atoms with E-state index in [0.29, 0.717) is 19.4 Å². The minimum Gasteiger partial charge on any atom is -0.445 e. The number of thiol groups is 1. The minimum absolute atomic E-state index is 0.00366. The van der Waals surface area contributed by atoms with Crippen LogP contribution in [0.4, 0.5) is 4.79 Å². The number of carbonyl (C=O) groups excluding carboxylic acids is 2. The summed E-state index contributed by atoms with van der Waals surface area (Å²) in [7, 11) is 3.41. The van der Waals surface area contributed by atoms with Gasteiger partial charge in [0.05, 0.1) is 0 Å². The van der Waals surface area contributed by atoms with Crippen LogP contribution in [-0.2, 0) is 9.53 Å². The fourth-order valence-electron chi connectivity index (χ4n) is 1.91. The predicted octanol–water partition coefficient (Wildman–Crippen LogP) is 1.16. The summed E-state index contributed by atoms with van der Waals surface area (Å²) in [6, 6.07) is -0.125. The molecule has 1 aliphatic rings. The summed E-state index contributed by atoms with van der Waals surface area (Å²) in [5, 5.41) is 0.0984. The average Bonchev–Trinajstić information content (AvgIpc) is 2.67. The molecule has 0 bridgehead atoms. The standard InChI is InChI=1S/C12H20N2O3S/c1-4-5-17-12(16)14-8-10(18)6-9(14)7-11(15)13(2)3/h4,9-10,18H,1,5-8H2,2-3H3/t9-,10+/m1/s1. The Balaban J connectivity index is 2.61. The van der Waals surface area contributed by atoms with E-state index in [0.717, 1.165) is 0 Å². The zero-order chi connectivity index (χ0) is 13.7. The molecule has 1 rings (SSSR count). The Morgan fingerprint density at radius 2 is 2.22 bits per heavy atom. The van der Waals surface area contributed by atoms with Gasteiger partial charge in [0.2, 0.25) is 5.91 Å². The van der Waals surface area contributed by atoms with Gasteiger partial charge in [0.15, 0.2) is 0 Å². The van der Waals surface area contributed by atoms with Gasteiger partial charge in [-0.2, -0.15) is 12.6 Å². The first kappa shape index (κ1) is 14.9. The van der Waals surface area contributed by atoms with Crippen molar-refractivity contribution in [2.75, 3.05) is 27.2 Å². The van der Waals surface area contributed by atoms with Crippen molar-refractivity contribution in [1.82, 2.24) is 9.80 Å². The molecule has 1 fully saturated rings. The van der Waals surface area contributed by atoms with Crippen LogP contribution in [0.25, 0.3) is 0 Å². The Labute approximate surface area is 113 Å². The quantitative estimate of drug-likeness (QED) is 0.617. The second-order valence-corrected chi connectivity index (χ2v) is 5.28. The molecule has 2 atom stereocenters. The molecule has 1 aliphatic heterocycles. The fourth-order valence-corrected chi connectivity index (χ4v) is 2.33. The molecule has 1 saturated heterocycles. The molecule has 2 amide bonds. The van der Waals surface area contributed by atoms with Gasteiger partial charge in [0, 0.05) is 38.4 Å². The topological polar surface area (TPSA) is 49.9 Å². The van der Waals surface area contributed by atoms with Crippen molar-refractivity contribution >= 4 is 24.6 Å². The molecular formula is C12H20N2O3S. The van der Waals surface area contributed by atoms with E-state index in [9.17, 15) is 9.59 Å². The first-order valence-electron chi connectivity index (χ1n) is 5.88. The number of rotatable bonds is 4. The van der Waals surface area contributed by atoms with Crippen LogP contribution in [0.2, 0.25) is 0 Å². The Kier molecular flexibility index (Phi) is 5.53. The average molecular weight is 272 g/mol. The number of amides is 2. The van der Waals surface area contributed by atoms with Crippen LogP contribution >= 0.6 is 12.6 Å². The summed E-state index contributed by atoms with van der Waals surface area (Å²) < 4.78 is 5.01. The third-order valence-corrected chi connectivity index (χ3v) is 3.23. The summed E-state index contributed by atoms with van der Waals surface area (Å²) in [5.74, 6) is 0.00366. The van der Waals surface area contributed by atoms with Crippen LogP contribution in [0.1, 0.15) is 12.8 Å². The van der Waals surface area contributed by atoms with Crippen molar-refractivity contribution in [3.8, 4) is 0 Å². The van der Waals surface area contributed by atoms with Crippen LogP contribution in [0.3, 0.4) is 0 Å². The van der Waals surface area contributed by atoms with Gasteiger partial charge in [-0.1, -0.05) is 12.7 Å². The lowest BCUT2D eigenvalue weighted by Gasteiger charge is -2.24. The largest absolute Gasteiger partial charge is 0.445 e. The molecule has 0 N–H and O–H groups in total. The van der Waals surface area contributed by atoms with Gasteiger partial charge in [-0.05, 0) is 6.42 Å². The van der Waals surface area contributed by atoms with E-state index in [-0.39, 0.29) is 23.8 Å². The zero-order valence-corrected chi connectivity index (χ0v) is 11.7. The predicted molar refractivity (Wildman–Crippen MR) is 72.7 cm³/mol. The second kappa shape index (κ2) is 6.68. The number of ether oxygens (including phenoxy) is 1. The van der Waals surface area contributed by atoms with E-state index >= 15 is 0 Å². The van der Waals surface area contributed by atoms with E-state index in [1.807, 2.05) is 0 Å². The number of likely N-dealkylation sites (tertiary alicyclic amines) is 1. The van der Waals surface area contributed by atoms with Crippen LogP contribution in [-0.4, -0.2) is 60.3 Å². The number of carbonyl (C=O) groups is 2. The highest BCUT2D eigenvalue weighted by molar-refractivity contribution is 7.81. The smallest absolute Gasteiger partial charge is 0.410 e. The van der Waals surface area contributed by atoms with Gasteiger partial charge < -0.3 is 14.5 Å². The molecular weight excluding hydrogens is 252 g/mol. The molecule has 0 spiro atoms. The summed E-state index contributed by atoms with van der Waals surface area (Å²) in [6.45, 7) is 4.19. The third kappa shape index (κ3) is 3.94. The molecule has 18 heavy (non-hydrogen) atoms. The van der Waals surface area contributed by atoms with Gasteiger partial charge in [-0.3, -0.25) is 4.79 Å². The molecule has 0 aromatic rings. The molecule has 1 heterocycles. The highest BCUT2D eigenvalue weighted by Gasteiger charge is 2.35. The maximum Gasteiger partial charge on any atom is 0.410 e. The second-order valence-electron chi connectivity index (χ2n) is 4.55. The van der Waals surface area contributed by atoms with Crippen LogP contribution in [0.15, 0.2) is 12.7 Å². The van der Waals surface area contributed by atoms with E-state index < -0.39 is 6.09 Å². The Bertz CT molecular complexity index is 333. The molecule has 0 radical (unpaired) electrons. The molecule has 6 heteroatoms. The lowest BCUT2D eigenvalue weighted by atomic mass is 10.1. The monoisotopic (exact) mass is 272 g/mol. The van der Waals surface area contributed by atoms with Crippen molar-refractivity contribution in [2.45, 2.75) is 24.1 Å². The fraction of sp³-hybridized carbons (Fsp3) is 0.667. The Hall–Kier alpha value is -1.17. The van der Waals surface area contributed by atoms with Crippen LogP contribution in [0.5, 0.6) is 0 Å². The summed E-state index contributed by atoms with van der Waals surface area (Å²) >= 11 is 4.38. The minimum atomic E-state index is -0.400. The zero-order valence-electron chi connectivity index (χ0n) is 10.8. The molecule has 0 saturated carbocycles. The Morgan fingerprint density at radius 3 is 2.78 bits per heavy atom. The van der Waals surface area contributed by atoms with Crippen LogP contribution in [0, 0.1) is 0 Å². The molecule has 0 aliphatic carbocycles.